The smallest absolute Gasteiger partial charge is 0.189 e. The molecule has 3 rings (SSSR count). The second kappa shape index (κ2) is 7.04. The number of piperazine rings is 1. The van der Waals surface area contributed by atoms with Crippen LogP contribution in [0.3, 0.4) is 0 Å². The average Bonchev–Trinajstić information content (AvgIpc) is 2.97. The molecule has 0 saturated carbocycles. The van der Waals surface area contributed by atoms with Crippen LogP contribution >= 0.6 is 39.5 Å². The van der Waals surface area contributed by atoms with E-state index in [0.717, 1.165) is 52.2 Å². The second-order valence-corrected chi connectivity index (χ2v) is 7.43. The molecular formula is C15H17BrN4S2. The number of hydrogen-bond donors (Lipinski definition) is 1. The number of halogens is 1. The Morgan fingerprint density at radius 1 is 1.23 bits per heavy atom. The van der Waals surface area contributed by atoms with Crippen LogP contribution in [-0.4, -0.2) is 53.1 Å². The van der Waals surface area contributed by atoms with E-state index >= 15 is 0 Å². The summed E-state index contributed by atoms with van der Waals surface area (Å²) in [5.41, 5.74) is 2.08. The minimum Gasteiger partial charge on any atom is -0.346 e. The van der Waals surface area contributed by atoms with Gasteiger partial charge in [0.05, 0.1) is 5.69 Å². The molecule has 4 nitrogen and oxygen atoms in total. The van der Waals surface area contributed by atoms with E-state index in [1.165, 1.54) is 0 Å². The highest BCUT2D eigenvalue weighted by molar-refractivity contribution is 9.10. The number of nitrogens with one attached hydrogen (secondary N) is 1. The summed E-state index contributed by atoms with van der Waals surface area (Å²) in [6.07, 6.45) is 0. The van der Waals surface area contributed by atoms with Crippen LogP contribution in [0.1, 0.15) is 0 Å². The molecule has 0 atom stereocenters. The van der Waals surface area contributed by atoms with Gasteiger partial charge in [-0.2, -0.15) is 0 Å². The molecule has 2 aromatic rings. The topological polar surface area (TPSA) is 31.4 Å². The highest BCUT2D eigenvalue weighted by Crippen LogP contribution is 2.26. The van der Waals surface area contributed by atoms with Gasteiger partial charge in [-0.3, -0.25) is 0 Å². The number of thiocarbonyl (C=S) groups is 1. The molecule has 1 aromatic carbocycles. The fourth-order valence-corrected chi connectivity index (χ4v) is 3.59. The van der Waals surface area contributed by atoms with E-state index in [4.69, 9.17) is 12.2 Å². The zero-order valence-corrected chi connectivity index (χ0v) is 15.5. The Hall–Kier alpha value is -1.02. The van der Waals surface area contributed by atoms with Gasteiger partial charge in [0, 0.05) is 41.6 Å². The normalized spacial score (nSPS) is 15.8. The van der Waals surface area contributed by atoms with Gasteiger partial charge in [-0.25, -0.2) is 4.98 Å². The average molecular weight is 397 g/mol. The first kappa shape index (κ1) is 15.9. The van der Waals surface area contributed by atoms with Crippen LogP contribution in [0.25, 0.3) is 11.3 Å². The number of anilines is 1. The van der Waals surface area contributed by atoms with Crippen molar-refractivity contribution in [2.75, 3.05) is 38.5 Å². The van der Waals surface area contributed by atoms with Gasteiger partial charge < -0.3 is 15.1 Å². The zero-order chi connectivity index (χ0) is 15.5. The fraction of sp³-hybridized carbons (Fsp3) is 0.333. The largest absolute Gasteiger partial charge is 0.346 e. The van der Waals surface area contributed by atoms with Crippen molar-refractivity contribution in [3.05, 3.63) is 34.1 Å². The molecule has 1 fully saturated rings. The Morgan fingerprint density at radius 3 is 2.59 bits per heavy atom. The summed E-state index contributed by atoms with van der Waals surface area (Å²) in [4.78, 5) is 9.15. The molecule has 1 aliphatic rings. The van der Waals surface area contributed by atoms with Crippen LogP contribution < -0.4 is 5.32 Å². The number of rotatable bonds is 2. The van der Waals surface area contributed by atoms with Crippen molar-refractivity contribution in [2.24, 2.45) is 0 Å². The van der Waals surface area contributed by atoms with Crippen LogP contribution in [0.4, 0.5) is 5.13 Å². The van der Waals surface area contributed by atoms with Crippen molar-refractivity contribution in [1.82, 2.24) is 14.8 Å². The quantitative estimate of drug-likeness (QED) is 0.784. The molecule has 0 aliphatic carbocycles. The van der Waals surface area contributed by atoms with Gasteiger partial charge in [0.2, 0.25) is 0 Å². The standard InChI is InChI=1S/C15H17BrN4S2/c1-19-6-8-20(9-7-19)15(21)18-14-17-13(10-22-14)11-2-4-12(16)5-3-11/h2-5,10H,6-9H2,1H3,(H,17,18,21). The number of likely N-dealkylation sites (N-methyl/N-ethyl adjacent to an activating group) is 1. The summed E-state index contributed by atoms with van der Waals surface area (Å²) in [6, 6.07) is 8.16. The Bertz CT molecular complexity index is 648. The number of benzene rings is 1. The first-order valence-corrected chi connectivity index (χ1v) is 9.16. The molecule has 0 radical (unpaired) electrons. The SMILES string of the molecule is CN1CCN(C(=S)Nc2nc(-c3ccc(Br)cc3)cs2)CC1. The van der Waals surface area contributed by atoms with E-state index in [9.17, 15) is 0 Å². The molecule has 0 spiro atoms. The molecule has 1 saturated heterocycles. The first-order valence-electron chi connectivity index (χ1n) is 7.08. The molecule has 22 heavy (non-hydrogen) atoms. The van der Waals surface area contributed by atoms with Crippen LogP contribution in [0, 0.1) is 0 Å². The summed E-state index contributed by atoms with van der Waals surface area (Å²) >= 11 is 10.5. The Morgan fingerprint density at radius 2 is 1.91 bits per heavy atom. The molecule has 116 valence electrons. The maximum atomic E-state index is 5.49. The minimum absolute atomic E-state index is 0.768. The number of hydrogen-bond acceptors (Lipinski definition) is 4. The molecule has 2 heterocycles. The third kappa shape index (κ3) is 3.84. The van der Waals surface area contributed by atoms with Gasteiger partial charge >= 0.3 is 0 Å². The van der Waals surface area contributed by atoms with E-state index in [1.807, 2.05) is 12.1 Å². The van der Waals surface area contributed by atoms with Crippen molar-refractivity contribution in [1.29, 1.82) is 0 Å². The number of thiazole rings is 1. The van der Waals surface area contributed by atoms with Gasteiger partial charge in [0.1, 0.15) is 0 Å². The maximum absolute atomic E-state index is 5.49. The zero-order valence-electron chi connectivity index (χ0n) is 12.3. The van der Waals surface area contributed by atoms with Gasteiger partial charge in [-0.05, 0) is 31.4 Å². The first-order chi connectivity index (χ1) is 10.6. The second-order valence-electron chi connectivity index (χ2n) is 5.27. The third-order valence-corrected chi connectivity index (χ3v) is 5.30. The van der Waals surface area contributed by atoms with Crippen molar-refractivity contribution < 1.29 is 0 Å². The van der Waals surface area contributed by atoms with E-state index in [-0.39, 0.29) is 0 Å². The van der Waals surface area contributed by atoms with Gasteiger partial charge in [-0.1, -0.05) is 28.1 Å². The van der Waals surface area contributed by atoms with E-state index in [0.29, 0.717) is 0 Å². The fourth-order valence-electron chi connectivity index (χ4n) is 2.26. The summed E-state index contributed by atoms with van der Waals surface area (Å²) < 4.78 is 1.07. The highest BCUT2D eigenvalue weighted by Gasteiger charge is 2.17. The number of aromatic nitrogens is 1. The summed E-state index contributed by atoms with van der Waals surface area (Å²) in [5, 5.41) is 6.94. The van der Waals surface area contributed by atoms with Crippen molar-refractivity contribution >= 4 is 49.7 Å². The molecule has 0 bridgehead atoms. The van der Waals surface area contributed by atoms with Crippen molar-refractivity contribution in [2.45, 2.75) is 0 Å². The third-order valence-electron chi connectivity index (χ3n) is 3.65. The molecule has 7 heteroatoms. The van der Waals surface area contributed by atoms with Crippen molar-refractivity contribution in [3.8, 4) is 11.3 Å². The lowest BCUT2D eigenvalue weighted by Crippen LogP contribution is -2.48. The van der Waals surface area contributed by atoms with Crippen LogP contribution in [0.15, 0.2) is 34.1 Å². The van der Waals surface area contributed by atoms with Crippen LogP contribution in [-0.2, 0) is 0 Å². The Balaban J connectivity index is 1.64. The summed E-state index contributed by atoms with van der Waals surface area (Å²) in [7, 11) is 2.14. The van der Waals surface area contributed by atoms with Gasteiger partial charge in [0.25, 0.3) is 0 Å². The number of nitrogens with zero attached hydrogens (tertiary/aromatic N) is 3. The molecule has 1 aliphatic heterocycles. The lowest BCUT2D eigenvalue weighted by atomic mass is 10.2. The van der Waals surface area contributed by atoms with Gasteiger partial charge in [0.15, 0.2) is 10.2 Å². The van der Waals surface area contributed by atoms with Crippen molar-refractivity contribution in [3.63, 3.8) is 0 Å². The molecule has 1 N–H and O–H groups in total. The molecular weight excluding hydrogens is 380 g/mol. The summed E-state index contributed by atoms with van der Waals surface area (Å²) in [6.45, 7) is 4.02. The molecule has 1 aromatic heterocycles. The highest BCUT2D eigenvalue weighted by atomic mass is 79.9. The van der Waals surface area contributed by atoms with E-state index < -0.39 is 0 Å². The van der Waals surface area contributed by atoms with E-state index in [2.05, 4.69) is 60.6 Å². The molecule has 0 unspecified atom stereocenters. The minimum atomic E-state index is 0.768. The maximum Gasteiger partial charge on any atom is 0.189 e. The summed E-state index contributed by atoms with van der Waals surface area (Å²) in [5.74, 6) is 0. The van der Waals surface area contributed by atoms with E-state index in [1.54, 1.807) is 11.3 Å². The Labute approximate surface area is 148 Å². The predicted molar refractivity (Wildman–Crippen MR) is 101 cm³/mol. The Kier molecular flexibility index (Phi) is 5.07. The lowest BCUT2D eigenvalue weighted by molar-refractivity contribution is 0.217. The predicted octanol–water partition coefficient (Wildman–Crippen LogP) is 3.52. The molecule has 0 amide bonds. The van der Waals surface area contributed by atoms with Gasteiger partial charge in [-0.15, -0.1) is 11.3 Å². The van der Waals surface area contributed by atoms with Crippen LogP contribution in [0.2, 0.25) is 0 Å². The lowest BCUT2D eigenvalue weighted by Gasteiger charge is -2.33. The van der Waals surface area contributed by atoms with Crippen LogP contribution in [0.5, 0.6) is 0 Å². The monoisotopic (exact) mass is 396 g/mol.